The van der Waals surface area contributed by atoms with Gasteiger partial charge in [-0.05, 0) is 54.1 Å². The van der Waals surface area contributed by atoms with E-state index >= 15 is 0 Å². The van der Waals surface area contributed by atoms with Gasteiger partial charge in [0.15, 0.2) is 11.5 Å². The number of ether oxygens (including phenoxy) is 1. The second-order valence-electron chi connectivity index (χ2n) is 6.41. The molecule has 0 aliphatic carbocycles. The van der Waals surface area contributed by atoms with Crippen LogP contribution in [0.15, 0.2) is 76.7 Å². The highest BCUT2D eigenvalue weighted by Gasteiger charge is 2.20. The second-order valence-corrected chi connectivity index (χ2v) is 8.39. The topological polar surface area (TPSA) is 137 Å². The van der Waals surface area contributed by atoms with Crippen LogP contribution < -0.4 is 14.3 Å². The number of hydrogen-bond acceptors (Lipinski definition) is 8. The first-order valence-corrected chi connectivity index (χ1v) is 10.9. The predicted octanol–water partition coefficient (Wildman–Crippen LogP) is 3.79. The zero-order chi connectivity index (χ0) is 24.0. The molecule has 12 heteroatoms. The number of carbonyl (C=O) groups excluding carboxylic acids is 1. The van der Waals surface area contributed by atoms with Gasteiger partial charge < -0.3 is 8.92 Å². The Labute approximate surface area is 193 Å². The van der Waals surface area contributed by atoms with Gasteiger partial charge in [0.1, 0.15) is 4.90 Å². The van der Waals surface area contributed by atoms with Gasteiger partial charge in [-0.1, -0.05) is 17.7 Å². The maximum atomic E-state index is 12.5. The number of hydrogen-bond donors (Lipinski definition) is 1. The van der Waals surface area contributed by atoms with Gasteiger partial charge in [0.05, 0.1) is 18.2 Å². The zero-order valence-electron chi connectivity index (χ0n) is 17.0. The Morgan fingerprint density at radius 2 is 1.82 bits per heavy atom. The standard InChI is InChI=1S/C21H16ClN3O7S/c1-31-20-11-14(13-23-24-21(26)15-3-2-4-16(22)12-15)5-10-19(20)32-33(29,30)18-8-6-17(7-9-18)25(27)28/h2-13H,1H3,(H,24,26)/b23-13-. The van der Waals surface area contributed by atoms with Gasteiger partial charge in [-0.3, -0.25) is 14.9 Å². The molecule has 1 amide bonds. The molecule has 0 saturated carbocycles. The molecule has 0 spiro atoms. The normalized spacial score (nSPS) is 11.2. The average molecular weight is 490 g/mol. The smallest absolute Gasteiger partial charge is 0.339 e. The summed E-state index contributed by atoms with van der Waals surface area (Å²) < 4.78 is 35.3. The molecule has 170 valence electrons. The summed E-state index contributed by atoms with van der Waals surface area (Å²) in [6, 6.07) is 14.9. The van der Waals surface area contributed by atoms with Gasteiger partial charge in [0.25, 0.3) is 11.6 Å². The third-order valence-corrected chi connectivity index (χ3v) is 5.67. The predicted molar refractivity (Wildman–Crippen MR) is 120 cm³/mol. The Kier molecular flexibility index (Phi) is 7.26. The van der Waals surface area contributed by atoms with E-state index in [0.29, 0.717) is 16.1 Å². The lowest BCUT2D eigenvalue weighted by molar-refractivity contribution is -0.384. The van der Waals surface area contributed by atoms with Crippen molar-refractivity contribution >= 4 is 39.5 Å². The zero-order valence-corrected chi connectivity index (χ0v) is 18.5. The van der Waals surface area contributed by atoms with Crippen LogP contribution in [0.25, 0.3) is 0 Å². The Morgan fingerprint density at radius 1 is 1.09 bits per heavy atom. The molecule has 33 heavy (non-hydrogen) atoms. The minimum atomic E-state index is -4.27. The van der Waals surface area contributed by atoms with Crippen molar-refractivity contribution in [2.24, 2.45) is 5.10 Å². The lowest BCUT2D eigenvalue weighted by atomic mass is 10.2. The summed E-state index contributed by atoms with van der Waals surface area (Å²) in [4.78, 5) is 21.9. The van der Waals surface area contributed by atoms with Crippen LogP contribution in [-0.2, 0) is 10.1 Å². The van der Waals surface area contributed by atoms with Crippen LogP contribution in [0.4, 0.5) is 5.69 Å². The fourth-order valence-corrected chi connectivity index (χ4v) is 3.72. The van der Waals surface area contributed by atoms with Gasteiger partial charge in [0.2, 0.25) is 0 Å². The Bertz CT molecular complexity index is 1330. The van der Waals surface area contributed by atoms with Crippen molar-refractivity contribution in [1.29, 1.82) is 0 Å². The maximum absolute atomic E-state index is 12.5. The first kappa shape index (κ1) is 23.7. The number of halogens is 1. The first-order chi connectivity index (χ1) is 15.7. The number of non-ortho nitro benzene ring substituents is 1. The van der Waals surface area contributed by atoms with Gasteiger partial charge in [0, 0.05) is 22.7 Å². The molecule has 0 radical (unpaired) electrons. The number of nitrogens with one attached hydrogen (secondary N) is 1. The number of nitro groups is 1. The lowest BCUT2D eigenvalue weighted by Crippen LogP contribution is -2.17. The van der Waals surface area contributed by atoms with Crippen LogP contribution in [0.5, 0.6) is 11.5 Å². The highest BCUT2D eigenvalue weighted by atomic mass is 35.5. The van der Waals surface area contributed by atoms with Crippen molar-refractivity contribution in [2.75, 3.05) is 7.11 Å². The van der Waals surface area contributed by atoms with Crippen molar-refractivity contribution in [3.8, 4) is 11.5 Å². The van der Waals surface area contributed by atoms with E-state index in [1.165, 1.54) is 37.6 Å². The van der Waals surface area contributed by atoms with E-state index in [1.807, 2.05) is 0 Å². The number of nitrogens with zero attached hydrogens (tertiary/aromatic N) is 2. The number of benzene rings is 3. The fourth-order valence-electron chi connectivity index (χ4n) is 2.59. The number of carbonyl (C=O) groups is 1. The molecule has 3 aromatic carbocycles. The Morgan fingerprint density at radius 3 is 2.45 bits per heavy atom. The number of nitro benzene ring substituents is 1. The summed E-state index contributed by atoms with van der Waals surface area (Å²) in [5.41, 5.74) is 2.92. The Balaban J connectivity index is 1.73. The minimum absolute atomic E-state index is 0.0885. The molecule has 0 aliphatic heterocycles. The SMILES string of the molecule is COc1cc(/C=N\NC(=O)c2cccc(Cl)c2)ccc1OS(=O)(=O)c1ccc([N+](=O)[O-])cc1. The molecule has 3 rings (SSSR count). The second kappa shape index (κ2) is 10.1. The number of methoxy groups -OCH3 is 1. The third kappa shape index (κ3) is 6.05. The minimum Gasteiger partial charge on any atom is -0.493 e. The summed E-state index contributed by atoms with van der Waals surface area (Å²) >= 11 is 5.86. The summed E-state index contributed by atoms with van der Waals surface area (Å²) in [6.07, 6.45) is 1.33. The van der Waals surface area contributed by atoms with Crippen LogP contribution in [-0.4, -0.2) is 32.6 Å². The van der Waals surface area contributed by atoms with Crippen molar-refractivity contribution in [3.63, 3.8) is 0 Å². The molecule has 10 nitrogen and oxygen atoms in total. The largest absolute Gasteiger partial charge is 0.493 e. The van der Waals surface area contributed by atoms with Gasteiger partial charge in [-0.15, -0.1) is 0 Å². The fraction of sp³-hybridized carbons (Fsp3) is 0.0476. The van der Waals surface area contributed by atoms with Crippen LogP contribution in [0.3, 0.4) is 0 Å². The van der Waals surface area contributed by atoms with E-state index in [4.69, 9.17) is 20.5 Å². The summed E-state index contributed by atoms with van der Waals surface area (Å²) in [5, 5.41) is 15.0. The highest BCUT2D eigenvalue weighted by Crippen LogP contribution is 2.30. The van der Waals surface area contributed by atoms with E-state index in [-0.39, 0.29) is 22.1 Å². The van der Waals surface area contributed by atoms with E-state index in [2.05, 4.69) is 10.5 Å². The molecule has 0 aromatic heterocycles. The first-order valence-electron chi connectivity index (χ1n) is 9.15. The van der Waals surface area contributed by atoms with Gasteiger partial charge >= 0.3 is 10.1 Å². The van der Waals surface area contributed by atoms with Crippen LogP contribution in [0.2, 0.25) is 5.02 Å². The molecular weight excluding hydrogens is 474 g/mol. The third-order valence-electron chi connectivity index (χ3n) is 4.19. The summed E-state index contributed by atoms with van der Waals surface area (Å²) in [5.74, 6) is -0.476. The monoisotopic (exact) mass is 489 g/mol. The van der Waals surface area contributed by atoms with Crippen molar-refractivity contribution in [2.45, 2.75) is 4.90 Å². The van der Waals surface area contributed by atoms with Crippen LogP contribution >= 0.6 is 11.6 Å². The number of amides is 1. The van der Waals surface area contributed by atoms with E-state index in [0.717, 1.165) is 24.3 Å². The van der Waals surface area contributed by atoms with Crippen LogP contribution in [0.1, 0.15) is 15.9 Å². The molecule has 0 unspecified atom stereocenters. The molecule has 3 aromatic rings. The Hall–Kier alpha value is -3.96. The number of rotatable bonds is 8. The molecule has 0 atom stereocenters. The summed E-state index contributed by atoms with van der Waals surface area (Å²) in [6.45, 7) is 0. The van der Waals surface area contributed by atoms with Crippen molar-refractivity contribution in [3.05, 3.63) is 93.0 Å². The van der Waals surface area contributed by atoms with E-state index in [9.17, 15) is 23.3 Å². The van der Waals surface area contributed by atoms with Gasteiger partial charge in [-0.2, -0.15) is 13.5 Å². The summed E-state index contributed by atoms with van der Waals surface area (Å²) in [7, 11) is -2.95. The van der Waals surface area contributed by atoms with E-state index < -0.39 is 20.9 Å². The number of hydrazone groups is 1. The molecular formula is C21H16ClN3O7S. The van der Waals surface area contributed by atoms with Gasteiger partial charge in [-0.25, -0.2) is 5.43 Å². The van der Waals surface area contributed by atoms with E-state index in [1.54, 1.807) is 18.2 Å². The van der Waals surface area contributed by atoms with Crippen LogP contribution in [0, 0.1) is 10.1 Å². The maximum Gasteiger partial charge on any atom is 0.339 e. The average Bonchev–Trinajstić information content (AvgIpc) is 2.79. The quantitative estimate of drug-likeness (QED) is 0.220. The molecule has 0 saturated heterocycles. The van der Waals surface area contributed by atoms with Crippen molar-refractivity contribution < 1.29 is 27.1 Å². The highest BCUT2D eigenvalue weighted by molar-refractivity contribution is 7.87. The molecule has 0 bridgehead atoms. The molecule has 0 heterocycles. The van der Waals surface area contributed by atoms with Crippen molar-refractivity contribution in [1.82, 2.24) is 5.43 Å². The molecule has 0 aliphatic rings. The molecule has 1 N–H and O–H groups in total. The molecule has 0 fully saturated rings. The lowest BCUT2D eigenvalue weighted by Gasteiger charge is -2.11.